The summed E-state index contributed by atoms with van der Waals surface area (Å²) in [4.78, 5) is 14.0. The van der Waals surface area contributed by atoms with E-state index in [-0.39, 0.29) is 11.1 Å². The van der Waals surface area contributed by atoms with Crippen molar-refractivity contribution in [3.63, 3.8) is 0 Å². The van der Waals surface area contributed by atoms with Crippen molar-refractivity contribution in [1.29, 1.82) is 0 Å². The molecular formula is C12H15ClN2O2. The maximum Gasteiger partial charge on any atom is 0.289 e. The van der Waals surface area contributed by atoms with Crippen LogP contribution >= 0.6 is 11.6 Å². The third kappa shape index (κ3) is 2.07. The minimum Gasteiger partial charge on any atom is -0.440 e. The normalized spacial score (nSPS) is 28.2. The summed E-state index contributed by atoms with van der Waals surface area (Å²) in [5.41, 5.74) is 0. The SMILES string of the molecule is O=C(c1ccc(Cl)o1)N1C[C@@H]2CCCN[C@@H]2C1. The van der Waals surface area contributed by atoms with E-state index in [9.17, 15) is 4.79 Å². The fourth-order valence-corrected chi connectivity index (χ4v) is 2.94. The second-order valence-corrected chi connectivity index (χ2v) is 5.15. The lowest BCUT2D eigenvalue weighted by Crippen LogP contribution is -2.41. The summed E-state index contributed by atoms with van der Waals surface area (Å²) in [7, 11) is 0. The van der Waals surface area contributed by atoms with Gasteiger partial charge in [-0.05, 0) is 49.0 Å². The average molecular weight is 255 g/mol. The first-order chi connectivity index (χ1) is 8.24. The fraction of sp³-hybridized carbons (Fsp3) is 0.583. The highest BCUT2D eigenvalue weighted by Gasteiger charge is 2.37. The van der Waals surface area contributed by atoms with E-state index >= 15 is 0 Å². The maximum absolute atomic E-state index is 12.1. The Morgan fingerprint density at radius 2 is 2.35 bits per heavy atom. The lowest BCUT2D eigenvalue weighted by atomic mass is 9.94. The van der Waals surface area contributed by atoms with Crippen LogP contribution in [0.3, 0.4) is 0 Å². The highest BCUT2D eigenvalue weighted by Crippen LogP contribution is 2.26. The van der Waals surface area contributed by atoms with Crippen LogP contribution in [0.2, 0.25) is 5.22 Å². The average Bonchev–Trinajstić information content (AvgIpc) is 2.93. The van der Waals surface area contributed by atoms with Crippen molar-refractivity contribution < 1.29 is 9.21 Å². The van der Waals surface area contributed by atoms with E-state index in [2.05, 4.69) is 5.32 Å². The zero-order valence-corrected chi connectivity index (χ0v) is 10.2. The number of hydrogen-bond acceptors (Lipinski definition) is 3. The van der Waals surface area contributed by atoms with E-state index in [4.69, 9.17) is 16.0 Å². The molecule has 1 aromatic heterocycles. The van der Waals surface area contributed by atoms with Crippen LogP contribution in [0.4, 0.5) is 0 Å². The summed E-state index contributed by atoms with van der Waals surface area (Å²) in [5.74, 6) is 0.889. The number of carbonyl (C=O) groups is 1. The van der Waals surface area contributed by atoms with Gasteiger partial charge in [0.2, 0.25) is 0 Å². The lowest BCUT2D eigenvalue weighted by molar-refractivity contribution is 0.0754. The summed E-state index contributed by atoms with van der Waals surface area (Å²) < 4.78 is 5.16. The van der Waals surface area contributed by atoms with Crippen LogP contribution in [0.1, 0.15) is 23.4 Å². The Morgan fingerprint density at radius 3 is 3.06 bits per heavy atom. The van der Waals surface area contributed by atoms with Crippen LogP contribution in [0.5, 0.6) is 0 Å². The molecule has 0 radical (unpaired) electrons. The van der Waals surface area contributed by atoms with Gasteiger partial charge in [0, 0.05) is 19.1 Å². The minimum absolute atomic E-state index is 0.0481. The molecule has 0 bridgehead atoms. The predicted molar refractivity (Wildman–Crippen MR) is 64.1 cm³/mol. The monoisotopic (exact) mass is 254 g/mol. The molecule has 5 heteroatoms. The van der Waals surface area contributed by atoms with Crippen LogP contribution in [0.25, 0.3) is 0 Å². The van der Waals surface area contributed by atoms with E-state index in [1.165, 1.54) is 12.8 Å². The Balaban J connectivity index is 1.71. The number of amides is 1. The van der Waals surface area contributed by atoms with Gasteiger partial charge in [-0.2, -0.15) is 0 Å². The number of likely N-dealkylation sites (tertiary alicyclic amines) is 1. The van der Waals surface area contributed by atoms with E-state index < -0.39 is 0 Å². The molecule has 3 rings (SSSR count). The number of rotatable bonds is 1. The molecule has 2 aliphatic heterocycles. The Bertz CT molecular complexity index is 418. The van der Waals surface area contributed by atoms with Gasteiger partial charge in [-0.3, -0.25) is 4.79 Å². The number of nitrogens with zero attached hydrogens (tertiary/aromatic N) is 1. The van der Waals surface area contributed by atoms with E-state index in [0.29, 0.717) is 17.7 Å². The highest BCUT2D eigenvalue weighted by atomic mass is 35.5. The summed E-state index contributed by atoms with van der Waals surface area (Å²) >= 11 is 5.68. The van der Waals surface area contributed by atoms with Crippen molar-refractivity contribution in [2.45, 2.75) is 18.9 Å². The molecule has 17 heavy (non-hydrogen) atoms. The molecule has 0 saturated carbocycles. The Labute approximate surface area is 105 Å². The largest absolute Gasteiger partial charge is 0.440 e. The summed E-state index contributed by atoms with van der Waals surface area (Å²) in [5, 5.41) is 3.74. The van der Waals surface area contributed by atoms with Gasteiger partial charge in [-0.15, -0.1) is 0 Å². The number of fused-ring (bicyclic) bond motifs is 1. The van der Waals surface area contributed by atoms with Crippen LogP contribution in [-0.2, 0) is 0 Å². The van der Waals surface area contributed by atoms with Crippen LogP contribution in [0.15, 0.2) is 16.5 Å². The molecule has 2 fully saturated rings. The molecule has 1 amide bonds. The minimum atomic E-state index is -0.0481. The van der Waals surface area contributed by atoms with Crippen molar-refractivity contribution in [2.75, 3.05) is 19.6 Å². The number of piperidine rings is 1. The predicted octanol–water partition coefficient (Wildman–Crippen LogP) is 1.76. The molecule has 1 aromatic rings. The van der Waals surface area contributed by atoms with E-state index in [1.807, 2.05) is 4.90 Å². The Hall–Kier alpha value is -1.00. The van der Waals surface area contributed by atoms with Gasteiger partial charge in [-0.25, -0.2) is 0 Å². The van der Waals surface area contributed by atoms with Gasteiger partial charge in [0.25, 0.3) is 5.91 Å². The van der Waals surface area contributed by atoms with Gasteiger partial charge in [0.15, 0.2) is 11.0 Å². The van der Waals surface area contributed by atoms with Crippen molar-refractivity contribution in [3.05, 3.63) is 23.1 Å². The molecule has 2 saturated heterocycles. The van der Waals surface area contributed by atoms with Crippen molar-refractivity contribution >= 4 is 17.5 Å². The van der Waals surface area contributed by atoms with E-state index in [0.717, 1.165) is 19.6 Å². The van der Waals surface area contributed by atoms with Crippen molar-refractivity contribution in [3.8, 4) is 0 Å². The molecule has 0 spiro atoms. The fourth-order valence-electron chi connectivity index (χ4n) is 2.80. The summed E-state index contributed by atoms with van der Waals surface area (Å²) in [6.07, 6.45) is 2.41. The third-order valence-corrected chi connectivity index (χ3v) is 3.87. The zero-order chi connectivity index (χ0) is 11.8. The number of furan rings is 1. The van der Waals surface area contributed by atoms with Gasteiger partial charge in [0.05, 0.1) is 0 Å². The van der Waals surface area contributed by atoms with Gasteiger partial charge < -0.3 is 14.6 Å². The smallest absolute Gasteiger partial charge is 0.289 e. The van der Waals surface area contributed by atoms with E-state index in [1.54, 1.807) is 12.1 Å². The second-order valence-electron chi connectivity index (χ2n) is 4.78. The van der Waals surface area contributed by atoms with Crippen LogP contribution < -0.4 is 5.32 Å². The van der Waals surface area contributed by atoms with Crippen molar-refractivity contribution in [1.82, 2.24) is 10.2 Å². The maximum atomic E-state index is 12.1. The molecule has 4 nitrogen and oxygen atoms in total. The molecule has 3 heterocycles. The molecule has 2 atom stereocenters. The highest BCUT2D eigenvalue weighted by molar-refractivity contribution is 6.29. The summed E-state index contributed by atoms with van der Waals surface area (Å²) in [6, 6.07) is 3.70. The Morgan fingerprint density at radius 1 is 1.47 bits per heavy atom. The molecule has 1 N–H and O–H groups in total. The third-order valence-electron chi connectivity index (χ3n) is 3.67. The van der Waals surface area contributed by atoms with Gasteiger partial charge in [-0.1, -0.05) is 0 Å². The molecule has 0 unspecified atom stereocenters. The number of hydrogen-bond donors (Lipinski definition) is 1. The molecule has 0 aliphatic carbocycles. The number of carbonyl (C=O) groups excluding carboxylic acids is 1. The molecule has 2 aliphatic rings. The first-order valence-electron chi connectivity index (χ1n) is 6.02. The zero-order valence-electron chi connectivity index (χ0n) is 9.49. The van der Waals surface area contributed by atoms with Crippen LogP contribution in [-0.4, -0.2) is 36.5 Å². The van der Waals surface area contributed by atoms with Crippen LogP contribution in [0, 0.1) is 5.92 Å². The molecular weight excluding hydrogens is 240 g/mol. The first kappa shape index (κ1) is 11.1. The van der Waals surface area contributed by atoms with Gasteiger partial charge in [0.1, 0.15) is 0 Å². The quantitative estimate of drug-likeness (QED) is 0.831. The second kappa shape index (κ2) is 4.35. The summed E-state index contributed by atoms with van der Waals surface area (Å²) in [6.45, 7) is 2.67. The number of halogens is 1. The molecule has 0 aromatic carbocycles. The molecule has 92 valence electrons. The Kier molecular flexibility index (Phi) is 2.84. The first-order valence-corrected chi connectivity index (χ1v) is 6.40. The lowest BCUT2D eigenvalue weighted by Gasteiger charge is -2.24. The number of nitrogens with one attached hydrogen (secondary N) is 1. The van der Waals surface area contributed by atoms with Crippen molar-refractivity contribution in [2.24, 2.45) is 5.92 Å². The van der Waals surface area contributed by atoms with Gasteiger partial charge >= 0.3 is 0 Å². The standard InChI is InChI=1S/C12H15ClN2O2/c13-11-4-3-10(17-11)12(16)15-6-8-2-1-5-14-9(8)7-15/h3-4,8-9,14H,1-2,5-7H2/t8-,9+/m0/s1. The topological polar surface area (TPSA) is 45.5 Å².